The average Bonchev–Trinajstić information content (AvgIpc) is 2.29. The zero-order valence-electron chi connectivity index (χ0n) is 8.78. The van der Waals surface area contributed by atoms with E-state index in [0.29, 0.717) is 5.92 Å². The van der Waals surface area contributed by atoms with Crippen molar-refractivity contribution in [1.82, 2.24) is 0 Å². The third-order valence-corrected chi connectivity index (χ3v) is 3.93. The van der Waals surface area contributed by atoms with Crippen LogP contribution in [0.1, 0.15) is 32.6 Å². The van der Waals surface area contributed by atoms with Gasteiger partial charge in [0, 0.05) is 12.5 Å². The summed E-state index contributed by atoms with van der Waals surface area (Å²) in [7, 11) is 0. The first-order valence-corrected chi connectivity index (χ1v) is 5.60. The van der Waals surface area contributed by atoms with Crippen LogP contribution >= 0.6 is 0 Å². The van der Waals surface area contributed by atoms with Crippen molar-refractivity contribution < 1.29 is 14.9 Å². The van der Waals surface area contributed by atoms with Gasteiger partial charge in [0.2, 0.25) is 0 Å². The van der Waals surface area contributed by atoms with E-state index in [4.69, 9.17) is 9.84 Å². The number of ether oxygens (including phenoxy) is 1. The summed E-state index contributed by atoms with van der Waals surface area (Å²) in [5.74, 6) is 0.803. The van der Waals surface area contributed by atoms with Crippen LogP contribution in [-0.4, -0.2) is 35.1 Å². The van der Waals surface area contributed by atoms with E-state index in [-0.39, 0.29) is 30.8 Å². The maximum atomic E-state index is 9.35. The normalized spacial score (nSPS) is 43.9. The van der Waals surface area contributed by atoms with Crippen LogP contribution in [0, 0.1) is 11.8 Å². The Labute approximate surface area is 85.1 Å². The lowest BCUT2D eigenvalue weighted by Crippen LogP contribution is -2.54. The number of fused-ring (bicyclic) bond motifs is 3. The summed E-state index contributed by atoms with van der Waals surface area (Å²) >= 11 is 0. The second-order valence-corrected chi connectivity index (χ2v) is 4.92. The molecule has 1 saturated carbocycles. The highest BCUT2D eigenvalue weighted by atomic mass is 16.5. The number of aliphatic hydroxyl groups is 2. The molecule has 0 aromatic rings. The molecule has 2 bridgehead atoms. The van der Waals surface area contributed by atoms with E-state index >= 15 is 0 Å². The number of rotatable bonds is 3. The van der Waals surface area contributed by atoms with Gasteiger partial charge < -0.3 is 14.9 Å². The maximum Gasteiger partial charge on any atom is 0.0916 e. The molecule has 3 aliphatic rings. The van der Waals surface area contributed by atoms with E-state index in [2.05, 4.69) is 0 Å². The van der Waals surface area contributed by atoms with Crippen LogP contribution in [0.25, 0.3) is 0 Å². The summed E-state index contributed by atoms with van der Waals surface area (Å²) in [6.45, 7) is 2.34. The third-order valence-electron chi connectivity index (χ3n) is 3.93. The van der Waals surface area contributed by atoms with Crippen LogP contribution in [0.3, 0.4) is 0 Å². The van der Waals surface area contributed by atoms with E-state index in [9.17, 15) is 5.11 Å². The number of hydrogen-bond acceptors (Lipinski definition) is 3. The largest absolute Gasteiger partial charge is 0.396 e. The van der Waals surface area contributed by atoms with E-state index in [0.717, 1.165) is 25.7 Å². The topological polar surface area (TPSA) is 49.7 Å². The van der Waals surface area contributed by atoms with Gasteiger partial charge in [-0.2, -0.15) is 0 Å². The van der Waals surface area contributed by atoms with Crippen molar-refractivity contribution in [1.29, 1.82) is 0 Å². The Morgan fingerprint density at radius 1 is 1.36 bits per heavy atom. The van der Waals surface area contributed by atoms with Crippen molar-refractivity contribution in [2.24, 2.45) is 11.8 Å². The van der Waals surface area contributed by atoms with E-state index in [1.165, 1.54) is 0 Å². The van der Waals surface area contributed by atoms with E-state index in [1.54, 1.807) is 0 Å². The molecule has 3 fully saturated rings. The highest BCUT2D eigenvalue weighted by molar-refractivity contribution is 4.97. The van der Waals surface area contributed by atoms with Crippen molar-refractivity contribution in [2.45, 2.75) is 44.3 Å². The fourth-order valence-electron chi connectivity index (χ4n) is 2.88. The van der Waals surface area contributed by atoms with Crippen LogP contribution in [0.4, 0.5) is 0 Å². The molecular formula is C11H20O3. The van der Waals surface area contributed by atoms with Crippen molar-refractivity contribution in [3.8, 4) is 0 Å². The zero-order valence-corrected chi connectivity index (χ0v) is 8.78. The molecule has 14 heavy (non-hydrogen) atoms. The molecule has 0 spiro atoms. The summed E-state index contributed by atoms with van der Waals surface area (Å²) in [6.07, 6.45) is 4.44. The molecule has 2 atom stereocenters. The predicted molar refractivity (Wildman–Crippen MR) is 52.9 cm³/mol. The molecule has 0 aromatic heterocycles. The predicted octanol–water partition coefficient (Wildman–Crippen LogP) is 0.935. The second-order valence-electron chi connectivity index (χ2n) is 4.92. The number of hydrogen-bond donors (Lipinski definition) is 2. The lowest BCUT2D eigenvalue weighted by Gasteiger charge is -2.51. The summed E-state index contributed by atoms with van der Waals surface area (Å²) in [5, 5.41) is 18.5. The van der Waals surface area contributed by atoms with Gasteiger partial charge in [0.25, 0.3) is 0 Å². The molecule has 82 valence electrons. The molecule has 1 aliphatic carbocycles. The number of aliphatic hydroxyl groups excluding tert-OH is 2. The Morgan fingerprint density at radius 3 is 2.50 bits per heavy atom. The van der Waals surface area contributed by atoms with Gasteiger partial charge in [-0.1, -0.05) is 6.92 Å². The smallest absolute Gasteiger partial charge is 0.0916 e. The van der Waals surface area contributed by atoms with Crippen LogP contribution < -0.4 is 0 Å². The quantitative estimate of drug-likeness (QED) is 0.712. The van der Waals surface area contributed by atoms with Crippen molar-refractivity contribution >= 4 is 0 Å². The Balaban J connectivity index is 2.08. The average molecular weight is 200 g/mol. The van der Waals surface area contributed by atoms with Crippen molar-refractivity contribution in [3.05, 3.63) is 0 Å². The van der Waals surface area contributed by atoms with Gasteiger partial charge in [0.1, 0.15) is 0 Å². The van der Waals surface area contributed by atoms with Crippen LogP contribution in [0.15, 0.2) is 0 Å². The van der Waals surface area contributed by atoms with Crippen LogP contribution in [0.5, 0.6) is 0 Å². The standard InChI is InChI=1S/C11H20O3/c1-8(6-12)10-9-2-4-11(7-13,14-10)5-3-9/h8-10,12-13H,2-7H2,1H3. The SMILES string of the molecule is CC(CO)C1OC2(CO)CCC1CC2. The Morgan fingerprint density at radius 2 is 2.00 bits per heavy atom. The minimum absolute atomic E-state index is 0.133. The van der Waals surface area contributed by atoms with Gasteiger partial charge in [-0.3, -0.25) is 0 Å². The first kappa shape index (κ1) is 10.4. The van der Waals surface area contributed by atoms with Crippen molar-refractivity contribution in [2.75, 3.05) is 13.2 Å². The molecule has 0 aromatic carbocycles. The van der Waals surface area contributed by atoms with Gasteiger partial charge in [-0.15, -0.1) is 0 Å². The Hall–Kier alpha value is -0.120. The summed E-state index contributed by atoms with van der Waals surface area (Å²) in [4.78, 5) is 0. The van der Waals surface area contributed by atoms with Gasteiger partial charge in [-0.25, -0.2) is 0 Å². The van der Waals surface area contributed by atoms with Gasteiger partial charge >= 0.3 is 0 Å². The molecular weight excluding hydrogens is 180 g/mol. The Bertz CT molecular complexity index is 197. The first-order chi connectivity index (χ1) is 6.71. The molecule has 2 N–H and O–H groups in total. The van der Waals surface area contributed by atoms with Crippen LogP contribution in [-0.2, 0) is 4.74 Å². The molecule has 0 radical (unpaired) electrons. The van der Waals surface area contributed by atoms with Gasteiger partial charge in [0.15, 0.2) is 0 Å². The van der Waals surface area contributed by atoms with E-state index < -0.39 is 0 Å². The molecule has 3 heteroatoms. The highest BCUT2D eigenvalue weighted by Gasteiger charge is 2.47. The Kier molecular flexibility index (Phi) is 2.82. The maximum absolute atomic E-state index is 9.35. The first-order valence-electron chi connectivity index (χ1n) is 5.60. The van der Waals surface area contributed by atoms with Crippen LogP contribution in [0.2, 0.25) is 0 Å². The van der Waals surface area contributed by atoms with Gasteiger partial charge in [-0.05, 0) is 31.6 Å². The minimum atomic E-state index is -0.275. The molecule has 0 amide bonds. The highest BCUT2D eigenvalue weighted by Crippen LogP contribution is 2.46. The zero-order chi connectivity index (χ0) is 10.2. The lowest BCUT2D eigenvalue weighted by molar-refractivity contribution is -0.225. The monoisotopic (exact) mass is 200 g/mol. The molecule has 3 nitrogen and oxygen atoms in total. The summed E-state index contributed by atoms with van der Waals surface area (Å²) in [6, 6.07) is 0. The second kappa shape index (κ2) is 3.80. The summed E-state index contributed by atoms with van der Waals surface area (Å²) < 4.78 is 5.96. The van der Waals surface area contributed by atoms with Crippen molar-refractivity contribution in [3.63, 3.8) is 0 Å². The fraction of sp³-hybridized carbons (Fsp3) is 1.00. The third kappa shape index (κ3) is 1.58. The molecule has 2 aliphatic heterocycles. The van der Waals surface area contributed by atoms with Gasteiger partial charge in [0.05, 0.1) is 18.3 Å². The molecule has 2 heterocycles. The minimum Gasteiger partial charge on any atom is -0.396 e. The summed E-state index contributed by atoms with van der Waals surface area (Å²) in [5.41, 5.74) is -0.275. The lowest BCUT2D eigenvalue weighted by atomic mass is 9.70. The fourth-order valence-corrected chi connectivity index (χ4v) is 2.88. The molecule has 2 unspecified atom stereocenters. The van der Waals surface area contributed by atoms with E-state index in [1.807, 2.05) is 6.92 Å². The molecule has 3 rings (SSSR count). The molecule has 2 saturated heterocycles.